The Hall–Kier alpha value is -1.16. The average Bonchev–Trinajstić information content (AvgIpc) is 2.43. The van der Waals surface area contributed by atoms with E-state index in [-0.39, 0.29) is 12.1 Å². The van der Waals surface area contributed by atoms with Crippen LogP contribution in [0.5, 0.6) is 0 Å². The summed E-state index contributed by atoms with van der Waals surface area (Å²) in [6.45, 7) is 0. The molecule has 18 heavy (non-hydrogen) atoms. The van der Waals surface area contributed by atoms with Crippen molar-refractivity contribution in [3.05, 3.63) is 9.95 Å². The molecule has 0 bridgehead atoms. The first kappa shape index (κ1) is 11.9. The fourth-order valence-electron chi connectivity index (χ4n) is 4.79. The number of hydrogen-bond acceptors (Lipinski definition) is 2. The van der Waals surface area contributed by atoms with Crippen molar-refractivity contribution < 1.29 is 0 Å². The Morgan fingerprint density at radius 2 is 1.00 bits per heavy atom. The van der Waals surface area contributed by atoms with Gasteiger partial charge in [0.15, 0.2) is 0 Å². The Balaban J connectivity index is 1.66. The third kappa shape index (κ3) is 2.09. The molecule has 3 fully saturated rings. The highest BCUT2D eigenvalue weighted by Crippen LogP contribution is 2.50. The molecule has 4 nitrogen and oxygen atoms in total. The summed E-state index contributed by atoms with van der Waals surface area (Å²) in [7, 11) is 0. The number of fused-ring (bicyclic) bond motifs is 2. The molecule has 0 N–H and O–H groups in total. The molecule has 96 valence electrons. The molecule has 0 aromatic heterocycles. The third-order valence-corrected chi connectivity index (χ3v) is 5.76. The smallest absolute Gasteiger partial charge is 0.0468 e. The van der Waals surface area contributed by atoms with Crippen LogP contribution < -0.4 is 0 Å². The third-order valence-electron chi connectivity index (χ3n) is 5.76. The highest BCUT2D eigenvalue weighted by atomic mass is 14.9. The van der Waals surface area contributed by atoms with E-state index >= 15 is 0 Å². The summed E-state index contributed by atoms with van der Waals surface area (Å²) < 4.78 is 0. The fourth-order valence-corrected chi connectivity index (χ4v) is 4.79. The maximum Gasteiger partial charge on any atom is 0.314 e. The highest BCUT2D eigenvalue weighted by Gasteiger charge is 2.47. The Morgan fingerprint density at radius 1 is 0.556 bits per heavy atom. The second-order valence-electron chi connectivity index (χ2n) is 6.68. The molecule has 0 saturated heterocycles. The van der Waals surface area contributed by atoms with Crippen LogP contribution in [0.25, 0.3) is 9.95 Å². The lowest BCUT2D eigenvalue weighted by atomic mass is 9.59. The van der Waals surface area contributed by atoms with E-state index in [9.17, 15) is 0 Å². The van der Waals surface area contributed by atoms with Crippen LogP contribution >= 0.6 is 0 Å². The highest BCUT2D eigenvalue weighted by molar-refractivity contribution is 4.98. The number of nitrogens with zero attached hydrogens (tertiary/aromatic N) is 4. The van der Waals surface area contributed by atoms with Crippen LogP contribution in [0.4, 0.5) is 0 Å². The molecule has 0 aromatic carbocycles. The lowest BCUT2D eigenvalue weighted by Crippen LogP contribution is -2.39. The zero-order chi connectivity index (χ0) is 12.5. The van der Waals surface area contributed by atoms with Gasteiger partial charge in [-0.1, -0.05) is 0 Å². The second kappa shape index (κ2) is 4.84. The van der Waals surface area contributed by atoms with Crippen molar-refractivity contribution in [2.45, 2.75) is 63.5 Å². The van der Waals surface area contributed by atoms with Gasteiger partial charge in [-0.2, -0.15) is 0 Å². The molecule has 0 aliphatic heterocycles. The van der Waals surface area contributed by atoms with E-state index in [2.05, 4.69) is 9.95 Å². The Bertz CT molecular complexity index is 356. The standard InChI is InChI=1S/C14H22N4/c15-17-13-3-1-9-5-12-8-14(18-16)4-2-10(12)6-11(9)7-13/h9-14H,1-8H2/q+2. The molecule has 3 aliphatic carbocycles. The maximum absolute atomic E-state index is 8.97. The minimum Gasteiger partial charge on any atom is -0.0468 e. The predicted molar refractivity (Wildman–Crippen MR) is 68.6 cm³/mol. The Morgan fingerprint density at radius 3 is 1.39 bits per heavy atom. The largest absolute Gasteiger partial charge is 0.314 e. The van der Waals surface area contributed by atoms with Gasteiger partial charge >= 0.3 is 12.1 Å². The van der Waals surface area contributed by atoms with Crippen LogP contribution in [0.1, 0.15) is 51.4 Å². The van der Waals surface area contributed by atoms with Crippen molar-refractivity contribution in [2.75, 3.05) is 0 Å². The van der Waals surface area contributed by atoms with Crippen molar-refractivity contribution in [1.29, 1.82) is 10.8 Å². The van der Waals surface area contributed by atoms with Crippen LogP contribution in [0.15, 0.2) is 0 Å². The summed E-state index contributed by atoms with van der Waals surface area (Å²) in [6.07, 6.45) is 9.40. The van der Waals surface area contributed by atoms with Gasteiger partial charge in [-0.25, -0.2) is 0 Å². The van der Waals surface area contributed by atoms with E-state index < -0.39 is 0 Å². The van der Waals surface area contributed by atoms with Gasteiger partial charge < -0.3 is 0 Å². The first-order chi connectivity index (χ1) is 8.80. The molecular formula is C14H22N4+2. The summed E-state index contributed by atoms with van der Waals surface area (Å²) in [5.74, 6) is 3.23. The van der Waals surface area contributed by atoms with Crippen LogP contribution in [0.3, 0.4) is 0 Å². The SMILES string of the molecule is N#[N+]C1CCC2CC3CC([N+]#N)CCC3CC2C1. The van der Waals surface area contributed by atoms with Gasteiger partial charge in [0, 0.05) is 25.7 Å². The van der Waals surface area contributed by atoms with Gasteiger partial charge in [-0.3, -0.25) is 0 Å². The monoisotopic (exact) mass is 246 g/mol. The molecule has 0 heterocycles. The molecule has 6 atom stereocenters. The minimum absolute atomic E-state index is 0.201. The predicted octanol–water partition coefficient (Wildman–Crippen LogP) is 4.06. The van der Waals surface area contributed by atoms with Crippen LogP contribution in [0.2, 0.25) is 0 Å². The zero-order valence-corrected chi connectivity index (χ0v) is 10.9. The average molecular weight is 246 g/mol. The topological polar surface area (TPSA) is 56.3 Å². The fraction of sp³-hybridized carbons (Fsp3) is 1.00. The van der Waals surface area contributed by atoms with Gasteiger partial charge in [0.1, 0.15) is 9.95 Å². The molecule has 3 aliphatic rings. The molecule has 0 radical (unpaired) electrons. The van der Waals surface area contributed by atoms with Gasteiger partial charge in [0.05, 0.1) is 0 Å². The normalized spacial score (nSPS) is 47.2. The number of hydrogen-bond donors (Lipinski definition) is 0. The number of rotatable bonds is 0. The quantitative estimate of drug-likeness (QED) is 0.605. The summed E-state index contributed by atoms with van der Waals surface area (Å²) in [6, 6.07) is 0.401. The summed E-state index contributed by atoms with van der Waals surface area (Å²) in [4.78, 5) is 7.04. The summed E-state index contributed by atoms with van der Waals surface area (Å²) in [5, 5.41) is 17.9. The molecule has 6 unspecified atom stereocenters. The summed E-state index contributed by atoms with van der Waals surface area (Å²) >= 11 is 0. The van der Waals surface area contributed by atoms with Crippen molar-refractivity contribution in [3.8, 4) is 0 Å². The summed E-state index contributed by atoms with van der Waals surface area (Å²) in [5.41, 5.74) is 0. The van der Waals surface area contributed by atoms with Crippen LogP contribution in [0, 0.1) is 34.5 Å². The van der Waals surface area contributed by atoms with Gasteiger partial charge in [0.25, 0.3) is 0 Å². The van der Waals surface area contributed by atoms with E-state index in [0.29, 0.717) is 0 Å². The van der Waals surface area contributed by atoms with Gasteiger partial charge in [-0.15, -0.1) is 0 Å². The number of diazo groups is 2. The molecule has 0 spiro atoms. The van der Waals surface area contributed by atoms with Crippen molar-refractivity contribution >= 4 is 0 Å². The van der Waals surface area contributed by atoms with Crippen LogP contribution in [-0.4, -0.2) is 12.1 Å². The van der Waals surface area contributed by atoms with E-state index in [1.54, 1.807) is 0 Å². The lowest BCUT2D eigenvalue weighted by Gasteiger charge is -2.44. The van der Waals surface area contributed by atoms with Crippen molar-refractivity contribution in [3.63, 3.8) is 0 Å². The maximum atomic E-state index is 8.97. The zero-order valence-electron chi connectivity index (χ0n) is 10.9. The van der Waals surface area contributed by atoms with Crippen molar-refractivity contribution in [1.82, 2.24) is 0 Å². The van der Waals surface area contributed by atoms with E-state index in [1.807, 2.05) is 0 Å². The van der Waals surface area contributed by atoms with E-state index in [0.717, 1.165) is 49.4 Å². The van der Waals surface area contributed by atoms with Gasteiger partial charge in [-0.05, 0) is 49.4 Å². The Labute approximate surface area is 108 Å². The second-order valence-corrected chi connectivity index (χ2v) is 6.68. The molecule has 4 heteroatoms. The van der Waals surface area contributed by atoms with Crippen molar-refractivity contribution in [2.24, 2.45) is 23.7 Å². The Kier molecular flexibility index (Phi) is 3.20. The minimum atomic E-state index is 0.201. The molecule has 0 aromatic rings. The van der Waals surface area contributed by atoms with Gasteiger partial charge in [0.2, 0.25) is 10.8 Å². The van der Waals surface area contributed by atoms with Crippen LogP contribution in [-0.2, 0) is 0 Å². The molecule has 0 amide bonds. The molecule has 3 rings (SSSR count). The molecular weight excluding hydrogens is 224 g/mol. The first-order valence-electron chi connectivity index (χ1n) is 7.48. The molecule has 3 saturated carbocycles. The van der Waals surface area contributed by atoms with E-state index in [4.69, 9.17) is 10.8 Å². The first-order valence-corrected chi connectivity index (χ1v) is 7.48. The lowest BCUT2D eigenvalue weighted by molar-refractivity contribution is 0.0479. The van der Waals surface area contributed by atoms with E-state index in [1.165, 1.54) is 25.7 Å².